The van der Waals surface area contributed by atoms with Gasteiger partial charge in [-0.15, -0.1) is 0 Å². The van der Waals surface area contributed by atoms with E-state index in [-0.39, 0.29) is 5.60 Å². The van der Waals surface area contributed by atoms with E-state index in [0.29, 0.717) is 22.5 Å². The highest BCUT2D eigenvalue weighted by atomic mass is 28.4. The Labute approximate surface area is 168 Å². The van der Waals surface area contributed by atoms with Gasteiger partial charge in [0, 0.05) is 12.8 Å². The van der Waals surface area contributed by atoms with Crippen molar-refractivity contribution in [1.29, 1.82) is 0 Å². The Morgan fingerprint density at radius 2 is 1.67 bits per heavy atom. The first kappa shape index (κ1) is 20.1. The normalized spacial score (nSPS) is 52.9. The molecule has 0 heterocycles. The van der Waals surface area contributed by atoms with Crippen molar-refractivity contribution in [2.75, 3.05) is 0 Å². The molecule has 4 aliphatic rings. The molecule has 3 heteroatoms. The second-order valence-corrected chi connectivity index (χ2v) is 16.8. The van der Waals surface area contributed by atoms with Crippen LogP contribution in [0.1, 0.15) is 79.1 Å². The SMILES string of the molecule is C[C@@H]1C[C@@H]2CC(=O)CCC2(C)C2CCC3(C)C(CC[C@@]3(C)O[Si](C)(C)C)C21. The molecule has 154 valence electrons. The van der Waals surface area contributed by atoms with Gasteiger partial charge in [0.15, 0.2) is 8.32 Å². The zero-order valence-corrected chi connectivity index (χ0v) is 19.9. The third-order valence-corrected chi connectivity index (χ3v) is 11.0. The Kier molecular flexibility index (Phi) is 4.60. The van der Waals surface area contributed by atoms with E-state index in [2.05, 4.69) is 47.3 Å². The smallest absolute Gasteiger partial charge is 0.184 e. The van der Waals surface area contributed by atoms with Crippen LogP contribution in [0.3, 0.4) is 0 Å². The zero-order valence-electron chi connectivity index (χ0n) is 18.9. The molecule has 8 atom stereocenters. The van der Waals surface area contributed by atoms with E-state index in [1.807, 2.05) is 0 Å². The van der Waals surface area contributed by atoms with Crippen LogP contribution >= 0.6 is 0 Å². The maximum atomic E-state index is 12.2. The predicted molar refractivity (Wildman–Crippen MR) is 114 cm³/mol. The van der Waals surface area contributed by atoms with Crippen LogP contribution in [0.25, 0.3) is 0 Å². The largest absolute Gasteiger partial charge is 0.412 e. The quantitative estimate of drug-likeness (QED) is 0.506. The maximum absolute atomic E-state index is 12.2. The molecule has 0 N–H and O–H groups in total. The highest BCUT2D eigenvalue weighted by Crippen LogP contribution is 2.69. The molecule has 0 saturated heterocycles. The monoisotopic (exact) mass is 390 g/mol. The molecule has 4 aliphatic carbocycles. The van der Waals surface area contributed by atoms with Gasteiger partial charge in [0.2, 0.25) is 0 Å². The molecular weight excluding hydrogens is 348 g/mol. The summed E-state index contributed by atoms with van der Waals surface area (Å²) in [6, 6.07) is 0. The van der Waals surface area contributed by atoms with Crippen LogP contribution < -0.4 is 0 Å². The highest BCUT2D eigenvalue weighted by molar-refractivity contribution is 6.69. The minimum absolute atomic E-state index is 0.0626. The number of ketones is 1. The number of hydrogen-bond acceptors (Lipinski definition) is 2. The minimum Gasteiger partial charge on any atom is -0.412 e. The molecule has 0 aromatic rings. The van der Waals surface area contributed by atoms with Gasteiger partial charge in [0.25, 0.3) is 0 Å². The van der Waals surface area contributed by atoms with Crippen molar-refractivity contribution in [3.8, 4) is 0 Å². The molecule has 2 nitrogen and oxygen atoms in total. The lowest BCUT2D eigenvalue weighted by Gasteiger charge is -2.63. The number of hydrogen-bond donors (Lipinski definition) is 0. The van der Waals surface area contributed by atoms with E-state index in [4.69, 9.17) is 4.43 Å². The molecule has 4 fully saturated rings. The fourth-order valence-corrected chi connectivity index (χ4v) is 10.2. The summed E-state index contributed by atoms with van der Waals surface area (Å²) in [5.74, 6) is 4.41. The van der Waals surface area contributed by atoms with E-state index >= 15 is 0 Å². The summed E-state index contributed by atoms with van der Waals surface area (Å²) in [7, 11) is -1.57. The second kappa shape index (κ2) is 6.17. The van der Waals surface area contributed by atoms with Crippen LogP contribution in [0.15, 0.2) is 0 Å². The number of carbonyl (C=O) groups excluding carboxylic acids is 1. The third kappa shape index (κ3) is 2.93. The topological polar surface area (TPSA) is 26.3 Å². The van der Waals surface area contributed by atoms with E-state index < -0.39 is 8.32 Å². The summed E-state index contributed by atoms with van der Waals surface area (Å²) < 4.78 is 6.91. The molecule has 0 aliphatic heterocycles. The fourth-order valence-electron chi connectivity index (χ4n) is 8.50. The summed E-state index contributed by atoms with van der Waals surface area (Å²) in [5, 5.41) is 0. The Hall–Kier alpha value is -0.153. The van der Waals surface area contributed by atoms with E-state index in [0.717, 1.165) is 42.9 Å². The van der Waals surface area contributed by atoms with Gasteiger partial charge in [0.05, 0.1) is 5.60 Å². The Balaban J connectivity index is 1.66. The molecule has 0 spiro atoms. The zero-order chi connectivity index (χ0) is 19.8. The average Bonchev–Trinajstić information content (AvgIpc) is 2.79. The minimum atomic E-state index is -1.57. The number of fused-ring (bicyclic) bond motifs is 5. The summed E-state index contributed by atoms with van der Waals surface area (Å²) in [5.41, 5.74) is 0.800. The van der Waals surface area contributed by atoms with Crippen LogP contribution in [0.2, 0.25) is 19.6 Å². The van der Waals surface area contributed by atoms with Crippen molar-refractivity contribution in [2.45, 2.75) is 104 Å². The highest BCUT2D eigenvalue weighted by Gasteiger charge is 2.65. The van der Waals surface area contributed by atoms with Gasteiger partial charge in [-0.3, -0.25) is 4.79 Å². The Morgan fingerprint density at radius 1 is 1.00 bits per heavy atom. The van der Waals surface area contributed by atoms with E-state index in [9.17, 15) is 4.79 Å². The van der Waals surface area contributed by atoms with Crippen molar-refractivity contribution < 1.29 is 9.22 Å². The van der Waals surface area contributed by atoms with Crippen molar-refractivity contribution in [3.05, 3.63) is 0 Å². The molecular formula is C24H42O2Si. The molecule has 0 radical (unpaired) electrons. The molecule has 0 aromatic heterocycles. The third-order valence-electron chi connectivity index (χ3n) is 9.90. The van der Waals surface area contributed by atoms with Crippen LogP contribution in [0.5, 0.6) is 0 Å². The van der Waals surface area contributed by atoms with Crippen LogP contribution in [0.4, 0.5) is 0 Å². The first-order valence-corrected chi connectivity index (χ1v) is 15.0. The Morgan fingerprint density at radius 3 is 2.33 bits per heavy atom. The summed E-state index contributed by atoms with van der Waals surface area (Å²) in [6.45, 7) is 17.2. The number of rotatable bonds is 2. The van der Waals surface area contributed by atoms with Gasteiger partial charge in [-0.1, -0.05) is 20.8 Å². The molecule has 4 rings (SSSR count). The van der Waals surface area contributed by atoms with Gasteiger partial charge in [-0.2, -0.15) is 0 Å². The summed E-state index contributed by atoms with van der Waals surface area (Å²) in [4.78, 5) is 12.2. The van der Waals surface area contributed by atoms with Crippen LogP contribution in [0, 0.1) is 40.4 Å². The first-order chi connectivity index (χ1) is 12.4. The van der Waals surface area contributed by atoms with Gasteiger partial charge in [-0.25, -0.2) is 0 Å². The molecule has 0 amide bonds. The van der Waals surface area contributed by atoms with Crippen molar-refractivity contribution in [1.82, 2.24) is 0 Å². The molecule has 27 heavy (non-hydrogen) atoms. The van der Waals surface area contributed by atoms with Gasteiger partial charge in [0.1, 0.15) is 5.78 Å². The first-order valence-electron chi connectivity index (χ1n) is 11.6. The lowest BCUT2D eigenvalue weighted by Crippen LogP contribution is -2.59. The summed E-state index contributed by atoms with van der Waals surface area (Å²) >= 11 is 0. The molecule has 4 saturated carbocycles. The average molecular weight is 391 g/mol. The summed E-state index contributed by atoms with van der Waals surface area (Å²) in [6.07, 6.45) is 9.40. The predicted octanol–water partition coefficient (Wildman–Crippen LogP) is 6.45. The van der Waals surface area contributed by atoms with Gasteiger partial charge in [-0.05, 0) is 106 Å². The lowest BCUT2D eigenvalue weighted by molar-refractivity contribution is -0.162. The van der Waals surface area contributed by atoms with Crippen molar-refractivity contribution in [2.24, 2.45) is 40.4 Å². The van der Waals surface area contributed by atoms with Gasteiger partial charge >= 0.3 is 0 Å². The van der Waals surface area contributed by atoms with E-state index in [1.165, 1.54) is 32.1 Å². The van der Waals surface area contributed by atoms with Gasteiger partial charge < -0.3 is 4.43 Å². The lowest BCUT2D eigenvalue weighted by atomic mass is 9.42. The standard InChI is InChI=1S/C24H42O2Si/c1-16-14-17-15-18(25)8-11-22(17,2)19-9-12-23(3)20(21(16)19)10-13-24(23,4)26-27(5,6)7/h16-17,19-21H,8-15H2,1-7H3/t16-,17-,19?,20?,21?,22?,23?,24-/m1/s1. The van der Waals surface area contributed by atoms with Crippen molar-refractivity contribution in [3.63, 3.8) is 0 Å². The molecule has 0 bridgehead atoms. The number of Topliss-reactive ketones (excluding diaryl/α,β-unsaturated/α-hetero) is 1. The van der Waals surface area contributed by atoms with Crippen LogP contribution in [-0.4, -0.2) is 19.7 Å². The van der Waals surface area contributed by atoms with Crippen LogP contribution in [-0.2, 0) is 9.22 Å². The Bertz CT molecular complexity index is 624. The second-order valence-electron chi connectivity index (χ2n) is 12.4. The molecule has 0 aromatic carbocycles. The van der Waals surface area contributed by atoms with E-state index in [1.54, 1.807) is 0 Å². The molecule has 5 unspecified atom stereocenters. The van der Waals surface area contributed by atoms with Crippen molar-refractivity contribution >= 4 is 14.1 Å². The number of carbonyl (C=O) groups is 1. The fraction of sp³-hybridized carbons (Fsp3) is 0.958. The maximum Gasteiger partial charge on any atom is 0.184 e.